The lowest BCUT2D eigenvalue weighted by Crippen LogP contribution is -2.32. The van der Waals surface area contributed by atoms with Gasteiger partial charge in [0.1, 0.15) is 23.3 Å². The van der Waals surface area contributed by atoms with Crippen molar-refractivity contribution in [1.82, 2.24) is 14.7 Å². The second kappa shape index (κ2) is 53.7. The number of halogens is 6. The number of benzene rings is 6. The van der Waals surface area contributed by atoms with Gasteiger partial charge in [-0.3, -0.25) is 0 Å². The predicted molar refractivity (Wildman–Crippen MR) is 455 cm³/mol. The smallest absolute Gasteiger partial charge is 0.155 e. The molecule has 0 unspecified atom stereocenters. The van der Waals surface area contributed by atoms with Crippen LogP contribution in [0.15, 0.2) is 155 Å². The number of hydrogen-bond acceptors (Lipinski definition) is 15. The molecule has 1 aliphatic rings. The molecule has 0 bridgehead atoms. The third kappa shape index (κ3) is 51.4. The molecule has 0 aliphatic carbocycles. The molecule has 0 spiro atoms. The molecule has 1 fully saturated rings. The van der Waals surface area contributed by atoms with Crippen LogP contribution in [-0.4, -0.2) is 160 Å². The maximum atomic E-state index is 13.0. The molecule has 15 nitrogen and oxygen atoms in total. The Kier molecular flexibility index (Phi) is 49.6. The highest BCUT2D eigenvalue weighted by molar-refractivity contribution is 9.10. The third-order valence-corrected chi connectivity index (χ3v) is 29.7. The number of hydrogen-bond donors (Lipinski definition) is 0. The maximum Gasteiger partial charge on any atom is 0.155 e. The second-order valence-electron chi connectivity index (χ2n) is 29.6. The van der Waals surface area contributed by atoms with Crippen LogP contribution in [-0.2, 0) is 93.5 Å². The van der Waals surface area contributed by atoms with Gasteiger partial charge in [-0.1, -0.05) is 186 Å². The quantitative estimate of drug-likeness (QED) is 0.0326. The van der Waals surface area contributed by atoms with Gasteiger partial charge in [0, 0.05) is 35.1 Å². The van der Waals surface area contributed by atoms with Gasteiger partial charge < -0.3 is 14.7 Å². The highest BCUT2D eigenvalue weighted by Crippen LogP contribution is 2.21. The van der Waals surface area contributed by atoms with Crippen molar-refractivity contribution in [2.24, 2.45) is 23.7 Å². The van der Waals surface area contributed by atoms with Crippen LogP contribution in [0.25, 0.3) is 0 Å². The molecule has 0 radical (unpaired) electrons. The average Bonchev–Trinajstić information content (AvgIpc) is 1.17. The minimum absolute atomic E-state index is 0.00111. The molecule has 1 heterocycles. The summed E-state index contributed by atoms with van der Waals surface area (Å²) in [7, 11) is -12.6. The van der Waals surface area contributed by atoms with Crippen molar-refractivity contribution in [3.05, 3.63) is 211 Å². The van der Waals surface area contributed by atoms with Gasteiger partial charge in [0.15, 0.2) is 59.0 Å². The Balaban J connectivity index is 0.000000448. The number of rotatable bonds is 41. The summed E-state index contributed by atoms with van der Waals surface area (Å²) in [6.45, 7) is 21.9. The summed E-state index contributed by atoms with van der Waals surface area (Å²) >= 11 is 6.68. The Labute approximate surface area is 677 Å². The number of likely N-dealkylation sites (tertiary alicyclic amines) is 1. The van der Waals surface area contributed by atoms with Crippen molar-refractivity contribution in [2.75, 3.05) is 94.9 Å². The Hall–Kier alpha value is -4.42. The molecule has 7 rings (SSSR count). The molecule has 27 heteroatoms. The van der Waals surface area contributed by atoms with E-state index in [0.717, 1.165) is 123 Å². The Morgan fingerprint density at radius 1 is 0.345 bits per heavy atom. The number of nitrogens with zero attached hydrogens (tertiary/aromatic N) is 3. The van der Waals surface area contributed by atoms with Gasteiger partial charge in [0.2, 0.25) is 0 Å². The maximum absolute atomic E-state index is 13.0. The van der Waals surface area contributed by atoms with Gasteiger partial charge in [-0.2, -0.15) is 0 Å². The summed E-state index contributed by atoms with van der Waals surface area (Å²) in [5.41, 5.74) is 4.06. The van der Waals surface area contributed by atoms with Crippen LogP contribution < -0.4 is 0 Å². The van der Waals surface area contributed by atoms with Crippen molar-refractivity contribution in [1.29, 1.82) is 0 Å². The molecule has 622 valence electrons. The monoisotopic (exact) mass is 1780 g/mol. The van der Waals surface area contributed by atoms with Crippen LogP contribution in [0, 0.1) is 46.9 Å². The molecule has 1 aliphatic heterocycles. The molecular formula is C83H125Br2F4N3O12S6. The highest BCUT2D eigenvalue weighted by atomic mass is 79.9. The molecule has 1 saturated heterocycles. The van der Waals surface area contributed by atoms with Crippen LogP contribution in [0.2, 0.25) is 0 Å². The van der Waals surface area contributed by atoms with Crippen molar-refractivity contribution >= 4 is 90.9 Å². The van der Waals surface area contributed by atoms with Gasteiger partial charge in [-0.05, 0) is 228 Å². The van der Waals surface area contributed by atoms with Crippen molar-refractivity contribution < 1.29 is 68.1 Å². The first kappa shape index (κ1) is 102. The van der Waals surface area contributed by atoms with Gasteiger partial charge in [-0.15, -0.1) is 0 Å². The Morgan fingerprint density at radius 3 is 0.900 bits per heavy atom. The van der Waals surface area contributed by atoms with Crippen LogP contribution in [0.4, 0.5) is 17.6 Å². The molecular weight excluding hydrogens is 1660 g/mol. The third-order valence-electron chi connectivity index (χ3n) is 18.8. The standard InChI is InChI=1S/2C14H21BrO2S.C14H23FN2O2S.2C14H21FO2S.C13H18FNO2S/c2*1-3-12(2)5-4-10-18(16,17)11-13-6-8-14(15)9-7-13;1-16(2)8-9-17(3)10-11-20(18,19)12-13-4-6-14(15)7-5-13;2*1-3-12(2)6-5-9-18(16,17)11-13-7-4-8-14(15)10-13;14-13-5-3-12(4-6-13)11-18(16,17)10-9-15-7-1-2-8-15/h2*6-9,12H,3-5,10-11H2,1-2H3;4-7H,8-12H2,1-3H3;2*4,7-8,10,12H,3,5-6,9,11H2,1-2H3;3-6H,1-2,7-11H2/t2*12-;;2*12-;/m00.10./s1. The molecule has 0 aromatic heterocycles. The van der Waals surface area contributed by atoms with E-state index in [-0.39, 0.29) is 80.8 Å². The van der Waals surface area contributed by atoms with E-state index in [1.54, 1.807) is 24.3 Å². The lowest BCUT2D eigenvalue weighted by molar-refractivity contribution is 0.293. The summed E-state index contributed by atoms with van der Waals surface area (Å²) in [6, 6.07) is 37.8. The predicted octanol–water partition coefficient (Wildman–Crippen LogP) is 18.6. The van der Waals surface area contributed by atoms with E-state index in [1.165, 1.54) is 72.8 Å². The SMILES string of the molecule is CC[C@@H](C)CCCS(=O)(=O)Cc1cccc(F)c1.CC[C@H](C)CCCS(=O)(=O)Cc1ccc(Br)cc1.CC[C@H](C)CCCS(=O)(=O)Cc1ccc(Br)cc1.CC[C@H](C)CCCS(=O)(=O)Cc1cccc(F)c1.CN(C)CCN(C)CCS(=O)(=O)Cc1ccc(F)cc1.O=S(=O)(CCN1CCCC1)Cc1ccc(F)cc1. The van der Waals surface area contributed by atoms with Gasteiger partial charge >= 0.3 is 0 Å². The van der Waals surface area contributed by atoms with E-state index in [1.807, 2.05) is 74.6 Å². The molecule has 6 aromatic carbocycles. The summed E-state index contributed by atoms with van der Waals surface area (Å²) < 4.78 is 196. The first-order valence-electron chi connectivity index (χ1n) is 38.3. The fraction of sp³-hybridized carbons (Fsp3) is 0.566. The second-order valence-corrected chi connectivity index (χ2v) is 44.5. The van der Waals surface area contributed by atoms with E-state index < -0.39 is 59.0 Å². The van der Waals surface area contributed by atoms with Crippen LogP contribution >= 0.6 is 31.9 Å². The zero-order valence-electron chi connectivity index (χ0n) is 66.8. The average molecular weight is 1790 g/mol. The zero-order valence-corrected chi connectivity index (χ0v) is 74.8. The molecule has 0 N–H and O–H groups in total. The van der Waals surface area contributed by atoms with E-state index in [0.29, 0.717) is 83.4 Å². The molecule has 0 amide bonds. The lowest BCUT2D eigenvalue weighted by Gasteiger charge is -2.19. The Morgan fingerprint density at radius 2 is 0.618 bits per heavy atom. The van der Waals surface area contributed by atoms with Crippen LogP contribution in [0.1, 0.15) is 179 Å². The summed E-state index contributed by atoms with van der Waals surface area (Å²) in [5.74, 6) is 2.33. The number of sulfone groups is 6. The van der Waals surface area contributed by atoms with E-state index in [2.05, 4.69) is 97.0 Å². The van der Waals surface area contributed by atoms with E-state index in [4.69, 9.17) is 0 Å². The molecule has 4 atom stereocenters. The first-order chi connectivity index (χ1) is 51.5. The minimum Gasteiger partial charge on any atom is -0.308 e. The van der Waals surface area contributed by atoms with Gasteiger partial charge in [-0.25, -0.2) is 68.1 Å². The number of likely N-dealkylation sites (N-methyl/N-ethyl adjacent to an activating group) is 2. The summed E-state index contributed by atoms with van der Waals surface area (Å²) in [5, 5.41) is 0. The summed E-state index contributed by atoms with van der Waals surface area (Å²) in [6.07, 6.45) is 13.5. The summed E-state index contributed by atoms with van der Waals surface area (Å²) in [4.78, 5) is 6.24. The van der Waals surface area contributed by atoms with Crippen molar-refractivity contribution in [2.45, 2.75) is 180 Å². The van der Waals surface area contributed by atoms with Crippen molar-refractivity contribution in [3.8, 4) is 0 Å². The topological polar surface area (TPSA) is 215 Å². The van der Waals surface area contributed by atoms with Gasteiger partial charge in [0.05, 0.1) is 69.0 Å². The van der Waals surface area contributed by atoms with Crippen molar-refractivity contribution in [3.63, 3.8) is 0 Å². The highest BCUT2D eigenvalue weighted by Gasteiger charge is 2.20. The molecule has 0 saturated carbocycles. The molecule has 6 aromatic rings. The fourth-order valence-electron chi connectivity index (χ4n) is 11.0. The zero-order chi connectivity index (χ0) is 82.6. The van der Waals surface area contributed by atoms with E-state index >= 15 is 0 Å². The fourth-order valence-corrected chi connectivity index (χ4v) is 20.1. The lowest BCUT2D eigenvalue weighted by atomic mass is 10.0. The van der Waals surface area contributed by atoms with Crippen LogP contribution in [0.5, 0.6) is 0 Å². The van der Waals surface area contributed by atoms with E-state index in [9.17, 15) is 68.1 Å². The van der Waals surface area contributed by atoms with Gasteiger partial charge in [0.25, 0.3) is 0 Å². The normalized spacial score (nSPS) is 13.9. The van der Waals surface area contributed by atoms with Crippen LogP contribution in [0.3, 0.4) is 0 Å². The largest absolute Gasteiger partial charge is 0.308 e. The Bertz CT molecular complexity index is 4060. The first-order valence-corrected chi connectivity index (χ1v) is 50.8. The molecule has 110 heavy (non-hydrogen) atoms. The minimum atomic E-state index is -3.16.